The summed E-state index contributed by atoms with van der Waals surface area (Å²) in [5.41, 5.74) is 2.15. The quantitative estimate of drug-likeness (QED) is 0.288. The van der Waals surface area contributed by atoms with Gasteiger partial charge in [0.25, 0.3) is 0 Å². The number of benzene rings is 3. The molecule has 7 heteroatoms. The van der Waals surface area contributed by atoms with E-state index in [1.165, 1.54) is 0 Å². The van der Waals surface area contributed by atoms with E-state index in [1.807, 2.05) is 12.1 Å². The van der Waals surface area contributed by atoms with Gasteiger partial charge < -0.3 is 18.9 Å². The first-order chi connectivity index (χ1) is 15.0. The van der Waals surface area contributed by atoms with Crippen LogP contribution in [0.2, 0.25) is 0 Å². The summed E-state index contributed by atoms with van der Waals surface area (Å²) >= 11 is 3.35. The van der Waals surface area contributed by atoms with E-state index in [4.69, 9.17) is 18.9 Å². The number of carbonyl (C=O) groups excluding carboxylic acids is 2. The Kier molecular flexibility index (Phi) is 4.75. The van der Waals surface area contributed by atoms with Crippen molar-refractivity contribution in [2.75, 3.05) is 6.79 Å². The molecule has 2 aliphatic heterocycles. The Labute approximate surface area is 186 Å². The van der Waals surface area contributed by atoms with E-state index in [9.17, 15) is 9.59 Å². The highest BCUT2D eigenvalue weighted by atomic mass is 79.9. The molecule has 2 heterocycles. The van der Waals surface area contributed by atoms with Gasteiger partial charge in [0.05, 0.1) is 11.1 Å². The van der Waals surface area contributed by atoms with Crippen LogP contribution in [0.1, 0.15) is 31.8 Å². The Morgan fingerprint density at radius 1 is 1.06 bits per heavy atom. The van der Waals surface area contributed by atoms with Crippen LogP contribution in [-0.2, 0) is 0 Å². The lowest BCUT2D eigenvalue weighted by Gasteiger charge is -2.10. The van der Waals surface area contributed by atoms with Crippen LogP contribution in [0.3, 0.4) is 0 Å². The zero-order valence-electron chi connectivity index (χ0n) is 16.3. The van der Waals surface area contributed by atoms with Gasteiger partial charge >= 0.3 is 5.97 Å². The van der Waals surface area contributed by atoms with Crippen molar-refractivity contribution in [2.24, 2.45) is 0 Å². The molecule has 154 valence electrons. The van der Waals surface area contributed by atoms with E-state index in [0.29, 0.717) is 44.2 Å². The minimum Gasteiger partial charge on any atom is -0.454 e. The second kappa shape index (κ2) is 7.59. The predicted octanol–water partition coefficient (Wildman–Crippen LogP) is 5.32. The van der Waals surface area contributed by atoms with Gasteiger partial charge in [-0.05, 0) is 70.9 Å². The largest absolute Gasteiger partial charge is 0.454 e. The number of hydrogen-bond acceptors (Lipinski definition) is 6. The maximum absolute atomic E-state index is 12.8. The van der Waals surface area contributed by atoms with E-state index >= 15 is 0 Å². The van der Waals surface area contributed by atoms with Crippen molar-refractivity contribution < 1.29 is 28.5 Å². The number of esters is 1. The third-order valence-corrected chi connectivity index (χ3v) is 5.72. The number of carbonyl (C=O) groups is 2. The Balaban J connectivity index is 1.42. The van der Waals surface area contributed by atoms with Crippen LogP contribution in [0, 0.1) is 6.92 Å². The summed E-state index contributed by atoms with van der Waals surface area (Å²) in [4.78, 5) is 25.4. The Hall–Kier alpha value is -3.58. The van der Waals surface area contributed by atoms with Gasteiger partial charge in [0.2, 0.25) is 12.6 Å². The monoisotopic (exact) mass is 478 g/mol. The van der Waals surface area contributed by atoms with Crippen molar-refractivity contribution in [1.29, 1.82) is 0 Å². The van der Waals surface area contributed by atoms with Gasteiger partial charge in [0, 0.05) is 10.0 Å². The second-order valence-corrected chi connectivity index (χ2v) is 7.84. The molecule has 3 aromatic carbocycles. The van der Waals surface area contributed by atoms with Gasteiger partial charge in [0.1, 0.15) is 11.5 Å². The van der Waals surface area contributed by atoms with Gasteiger partial charge in [-0.3, -0.25) is 4.79 Å². The molecule has 0 unspecified atom stereocenters. The smallest absolute Gasteiger partial charge is 0.344 e. The molecule has 0 saturated heterocycles. The fourth-order valence-corrected chi connectivity index (χ4v) is 3.86. The summed E-state index contributed by atoms with van der Waals surface area (Å²) < 4.78 is 22.8. The zero-order valence-corrected chi connectivity index (χ0v) is 17.9. The second-order valence-electron chi connectivity index (χ2n) is 6.99. The van der Waals surface area contributed by atoms with E-state index in [1.54, 1.807) is 55.5 Å². The van der Waals surface area contributed by atoms with E-state index < -0.39 is 5.97 Å². The van der Waals surface area contributed by atoms with Crippen molar-refractivity contribution in [3.63, 3.8) is 0 Å². The first kappa shape index (κ1) is 19.4. The Bertz CT molecular complexity index is 1280. The number of hydrogen-bond donors (Lipinski definition) is 0. The number of fused-ring (bicyclic) bond motifs is 2. The molecule has 3 aromatic rings. The molecule has 0 bridgehead atoms. The molecular formula is C24H15BrO6. The average Bonchev–Trinajstić information content (AvgIpc) is 3.35. The summed E-state index contributed by atoms with van der Waals surface area (Å²) in [6.07, 6.45) is 1.65. The highest BCUT2D eigenvalue weighted by Crippen LogP contribution is 2.40. The Morgan fingerprint density at radius 2 is 1.87 bits per heavy atom. The maximum atomic E-state index is 12.8. The highest BCUT2D eigenvalue weighted by molar-refractivity contribution is 9.10. The molecule has 0 fully saturated rings. The summed E-state index contributed by atoms with van der Waals surface area (Å²) in [5, 5.41) is 0. The zero-order chi connectivity index (χ0) is 21.5. The fourth-order valence-electron chi connectivity index (χ4n) is 3.41. The lowest BCUT2D eigenvalue weighted by Crippen LogP contribution is -2.10. The summed E-state index contributed by atoms with van der Waals surface area (Å²) in [7, 11) is 0. The molecule has 0 saturated carbocycles. The van der Waals surface area contributed by atoms with Crippen LogP contribution in [0.15, 0.2) is 64.8 Å². The van der Waals surface area contributed by atoms with Crippen LogP contribution in [-0.4, -0.2) is 18.5 Å². The predicted molar refractivity (Wildman–Crippen MR) is 116 cm³/mol. The molecule has 31 heavy (non-hydrogen) atoms. The third-order valence-electron chi connectivity index (χ3n) is 5.03. The molecule has 0 N–H and O–H groups in total. The first-order valence-electron chi connectivity index (χ1n) is 9.45. The summed E-state index contributed by atoms with van der Waals surface area (Å²) in [6, 6.07) is 15.6. The van der Waals surface area contributed by atoms with Gasteiger partial charge in [-0.1, -0.05) is 18.2 Å². The molecular weight excluding hydrogens is 464 g/mol. The molecule has 2 aliphatic rings. The maximum Gasteiger partial charge on any atom is 0.344 e. The number of ether oxygens (including phenoxy) is 4. The lowest BCUT2D eigenvalue weighted by molar-refractivity contribution is 0.0732. The molecule has 5 rings (SSSR count). The van der Waals surface area contributed by atoms with Crippen molar-refractivity contribution in [3.05, 3.63) is 87.1 Å². The van der Waals surface area contributed by atoms with Crippen molar-refractivity contribution in [2.45, 2.75) is 6.92 Å². The summed E-state index contributed by atoms with van der Waals surface area (Å²) in [6.45, 7) is 1.93. The SMILES string of the molecule is Cc1c(OC(=O)c2ccccc2Br)ccc2c1O/C(=C\c1ccc3c(c1)OCO3)C2=O. The van der Waals surface area contributed by atoms with Crippen LogP contribution in [0.5, 0.6) is 23.0 Å². The standard InChI is InChI=1S/C24H15BrO6/c1-13-18(31-24(27)15-4-2-3-5-17(15)25)9-7-16-22(26)21(30-23(13)16)11-14-6-8-19-20(10-14)29-12-28-19/h2-11H,12H2,1H3/b21-11-. The number of allylic oxidation sites excluding steroid dienone is 1. The first-order valence-corrected chi connectivity index (χ1v) is 10.2. The number of halogens is 1. The summed E-state index contributed by atoms with van der Waals surface area (Å²) in [5.74, 6) is 1.44. The van der Waals surface area contributed by atoms with Crippen LogP contribution >= 0.6 is 15.9 Å². The van der Waals surface area contributed by atoms with Crippen molar-refractivity contribution in [3.8, 4) is 23.0 Å². The number of Topliss-reactive ketones (excluding diaryl/α,β-unsaturated/α-hetero) is 1. The molecule has 0 amide bonds. The molecule has 6 nitrogen and oxygen atoms in total. The minimum absolute atomic E-state index is 0.177. The number of rotatable bonds is 3. The van der Waals surface area contributed by atoms with E-state index in [-0.39, 0.29) is 18.3 Å². The fraction of sp³-hybridized carbons (Fsp3) is 0.0833. The minimum atomic E-state index is -0.504. The van der Waals surface area contributed by atoms with Crippen LogP contribution in [0.4, 0.5) is 0 Å². The normalized spacial score (nSPS) is 15.0. The van der Waals surface area contributed by atoms with Crippen molar-refractivity contribution in [1.82, 2.24) is 0 Å². The lowest BCUT2D eigenvalue weighted by atomic mass is 10.1. The molecule has 0 aromatic heterocycles. The topological polar surface area (TPSA) is 71.1 Å². The van der Waals surface area contributed by atoms with Crippen LogP contribution in [0.25, 0.3) is 6.08 Å². The highest BCUT2D eigenvalue weighted by Gasteiger charge is 2.31. The van der Waals surface area contributed by atoms with Gasteiger partial charge in [-0.2, -0.15) is 0 Å². The van der Waals surface area contributed by atoms with Crippen LogP contribution < -0.4 is 18.9 Å². The molecule has 0 aliphatic carbocycles. The molecule has 0 spiro atoms. The van der Waals surface area contributed by atoms with E-state index in [0.717, 1.165) is 5.56 Å². The van der Waals surface area contributed by atoms with E-state index in [2.05, 4.69) is 15.9 Å². The molecule has 0 radical (unpaired) electrons. The Morgan fingerprint density at radius 3 is 2.71 bits per heavy atom. The average molecular weight is 479 g/mol. The van der Waals surface area contributed by atoms with Crippen molar-refractivity contribution >= 4 is 33.8 Å². The molecule has 0 atom stereocenters. The van der Waals surface area contributed by atoms with Gasteiger partial charge in [-0.15, -0.1) is 0 Å². The van der Waals surface area contributed by atoms with Gasteiger partial charge in [-0.25, -0.2) is 4.79 Å². The van der Waals surface area contributed by atoms with Gasteiger partial charge in [0.15, 0.2) is 17.3 Å². The number of ketones is 1. The third kappa shape index (κ3) is 3.47.